The Balaban J connectivity index is 2.51. The lowest BCUT2D eigenvalue weighted by molar-refractivity contribution is -0.135. The first-order valence-electron chi connectivity index (χ1n) is 8.49. The van der Waals surface area contributed by atoms with Crippen LogP contribution in [0.2, 0.25) is 0 Å². The minimum absolute atomic E-state index is 0.0567. The molecule has 3 unspecified atom stereocenters. The molecule has 1 saturated heterocycles. The topological polar surface area (TPSA) is 75.4 Å². The average Bonchev–Trinajstić information content (AvgIpc) is 2.49. The molecular weight excluding hydrogens is 278 g/mol. The Hall–Kier alpha value is -1.10. The number of rotatable bonds is 5. The largest absolute Gasteiger partial charge is 0.355 e. The van der Waals surface area contributed by atoms with Gasteiger partial charge in [0, 0.05) is 25.0 Å². The number of nitrogens with zero attached hydrogens (tertiary/aromatic N) is 1. The molecule has 0 aliphatic carbocycles. The van der Waals surface area contributed by atoms with E-state index >= 15 is 0 Å². The molecule has 1 aliphatic heterocycles. The molecule has 5 nitrogen and oxygen atoms in total. The van der Waals surface area contributed by atoms with Gasteiger partial charge in [-0.1, -0.05) is 41.0 Å². The number of likely N-dealkylation sites (tertiary alicyclic amines) is 1. The molecule has 128 valence electrons. The lowest BCUT2D eigenvalue weighted by Gasteiger charge is -2.35. The van der Waals surface area contributed by atoms with Crippen LogP contribution in [0.5, 0.6) is 0 Å². The van der Waals surface area contributed by atoms with E-state index in [2.05, 4.69) is 12.2 Å². The van der Waals surface area contributed by atoms with Gasteiger partial charge in [0.05, 0.1) is 6.04 Å². The summed E-state index contributed by atoms with van der Waals surface area (Å²) in [5.74, 6) is 0.648. The second-order valence-corrected chi connectivity index (χ2v) is 7.66. The van der Waals surface area contributed by atoms with Crippen LogP contribution < -0.4 is 11.1 Å². The number of piperidine rings is 1. The van der Waals surface area contributed by atoms with Crippen LogP contribution in [0.1, 0.15) is 53.9 Å². The highest BCUT2D eigenvalue weighted by atomic mass is 16.2. The summed E-state index contributed by atoms with van der Waals surface area (Å²) in [7, 11) is 0. The van der Waals surface area contributed by atoms with Gasteiger partial charge in [0.25, 0.3) is 0 Å². The summed E-state index contributed by atoms with van der Waals surface area (Å²) in [5.41, 5.74) is 5.69. The molecule has 3 atom stereocenters. The Morgan fingerprint density at radius 3 is 2.55 bits per heavy atom. The molecule has 0 bridgehead atoms. The quantitative estimate of drug-likeness (QED) is 0.812. The Labute approximate surface area is 135 Å². The standard InChI is InChI=1S/C17H33N3O2/c1-6-12(2)14(18)15(21)20-9-7-8-13(11-20)10-19-16(22)17(3,4)5/h12-14H,6-11,18H2,1-5H3,(H,19,22). The fraction of sp³-hybridized carbons (Fsp3) is 0.882. The van der Waals surface area contributed by atoms with Crippen molar-refractivity contribution in [2.75, 3.05) is 19.6 Å². The van der Waals surface area contributed by atoms with Gasteiger partial charge in [-0.05, 0) is 24.7 Å². The van der Waals surface area contributed by atoms with E-state index in [1.165, 1.54) is 0 Å². The zero-order valence-corrected chi connectivity index (χ0v) is 14.8. The third-order valence-electron chi connectivity index (χ3n) is 4.61. The van der Waals surface area contributed by atoms with Crippen LogP contribution in [0.4, 0.5) is 0 Å². The van der Waals surface area contributed by atoms with Crippen LogP contribution in [-0.4, -0.2) is 42.4 Å². The molecule has 5 heteroatoms. The van der Waals surface area contributed by atoms with Crippen molar-refractivity contribution in [3.05, 3.63) is 0 Å². The Morgan fingerprint density at radius 2 is 2.00 bits per heavy atom. The lowest BCUT2D eigenvalue weighted by atomic mass is 9.93. The van der Waals surface area contributed by atoms with Gasteiger partial charge in [0.15, 0.2) is 0 Å². The maximum absolute atomic E-state index is 12.5. The first-order chi connectivity index (χ1) is 10.2. The molecule has 1 fully saturated rings. The van der Waals surface area contributed by atoms with Gasteiger partial charge in [0.2, 0.25) is 11.8 Å². The zero-order valence-electron chi connectivity index (χ0n) is 14.8. The van der Waals surface area contributed by atoms with E-state index in [-0.39, 0.29) is 23.1 Å². The van der Waals surface area contributed by atoms with E-state index in [0.717, 1.165) is 25.8 Å². The molecule has 0 aromatic rings. The minimum atomic E-state index is -0.409. The highest BCUT2D eigenvalue weighted by Crippen LogP contribution is 2.19. The molecule has 1 heterocycles. The number of nitrogens with one attached hydrogen (secondary N) is 1. The van der Waals surface area contributed by atoms with E-state index in [0.29, 0.717) is 19.0 Å². The van der Waals surface area contributed by atoms with Gasteiger partial charge in [0.1, 0.15) is 0 Å². The minimum Gasteiger partial charge on any atom is -0.355 e. The number of hydrogen-bond donors (Lipinski definition) is 2. The molecule has 2 amide bonds. The Bertz CT molecular complexity index is 390. The van der Waals surface area contributed by atoms with E-state index in [4.69, 9.17) is 5.73 Å². The van der Waals surface area contributed by atoms with Gasteiger partial charge in [-0.25, -0.2) is 0 Å². The van der Waals surface area contributed by atoms with Crippen molar-refractivity contribution < 1.29 is 9.59 Å². The molecule has 1 rings (SSSR count). The number of carbonyl (C=O) groups excluding carboxylic acids is 2. The van der Waals surface area contributed by atoms with Crippen molar-refractivity contribution in [3.8, 4) is 0 Å². The summed E-state index contributed by atoms with van der Waals surface area (Å²) < 4.78 is 0. The maximum Gasteiger partial charge on any atom is 0.239 e. The van der Waals surface area contributed by atoms with Gasteiger partial charge < -0.3 is 16.0 Å². The van der Waals surface area contributed by atoms with Gasteiger partial charge in [-0.2, -0.15) is 0 Å². The van der Waals surface area contributed by atoms with Crippen LogP contribution in [0.3, 0.4) is 0 Å². The van der Waals surface area contributed by atoms with Gasteiger partial charge in [-0.15, -0.1) is 0 Å². The second kappa shape index (κ2) is 7.95. The molecule has 22 heavy (non-hydrogen) atoms. The summed E-state index contributed by atoms with van der Waals surface area (Å²) >= 11 is 0. The van der Waals surface area contributed by atoms with E-state index < -0.39 is 6.04 Å². The first kappa shape index (κ1) is 18.9. The zero-order chi connectivity index (χ0) is 16.9. The average molecular weight is 311 g/mol. The van der Waals surface area contributed by atoms with Crippen LogP contribution in [0.25, 0.3) is 0 Å². The summed E-state index contributed by atoms with van der Waals surface area (Å²) in [4.78, 5) is 26.3. The van der Waals surface area contributed by atoms with Crippen molar-refractivity contribution in [1.82, 2.24) is 10.2 Å². The molecule has 0 spiro atoms. The third-order valence-corrected chi connectivity index (χ3v) is 4.61. The number of carbonyl (C=O) groups is 2. The molecule has 0 aromatic carbocycles. The SMILES string of the molecule is CCC(C)C(N)C(=O)N1CCCC(CNC(=O)C(C)(C)C)C1. The Morgan fingerprint density at radius 1 is 1.36 bits per heavy atom. The third kappa shape index (κ3) is 5.27. The monoisotopic (exact) mass is 311 g/mol. The summed E-state index contributed by atoms with van der Waals surface area (Å²) in [6.07, 6.45) is 2.94. The van der Waals surface area contributed by atoms with E-state index in [9.17, 15) is 9.59 Å². The molecule has 0 aromatic heterocycles. The van der Waals surface area contributed by atoms with Gasteiger partial charge >= 0.3 is 0 Å². The predicted octanol–water partition coefficient (Wildman–Crippen LogP) is 1.76. The normalized spacial score (nSPS) is 22.1. The predicted molar refractivity (Wildman–Crippen MR) is 89.2 cm³/mol. The maximum atomic E-state index is 12.5. The number of amides is 2. The number of hydrogen-bond acceptors (Lipinski definition) is 3. The second-order valence-electron chi connectivity index (χ2n) is 7.66. The smallest absolute Gasteiger partial charge is 0.239 e. The molecular formula is C17H33N3O2. The van der Waals surface area contributed by atoms with Crippen molar-refractivity contribution >= 4 is 11.8 Å². The summed E-state index contributed by atoms with van der Waals surface area (Å²) in [6.45, 7) is 11.9. The summed E-state index contributed by atoms with van der Waals surface area (Å²) in [5, 5.41) is 3.01. The van der Waals surface area contributed by atoms with Crippen LogP contribution in [-0.2, 0) is 9.59 Å². The van der Waals surface area contributed by atoms with Crippen molar-refractivity contribution in [2.45, 2.75) is 59.9 Å². The molecule has 0 saturated carbocycles. The molecule has 1 aliphatic rings. The molecule has 3 N–H and O–H groups in total. The lowest BCUT2D eigenvalue weighted by Crippen LogP contribution is -2.51. The summed E-state index contributed by atoms with van der Waals surface area (Å²) in [6, 6.07) is -0.409. The first-order valence-corrected chi connectivity index (χ1v) is 8.49. The number of nitrogens with two attached hydrogens (primary N) is 1. The fourth-order valence-corrected chi connectivity index (χ4v) is 2.64. The van der Waals surface area contributed by atoms with Crippen molar-refractivity contribution in [2.24, 2.45) is 23.0 Å². The van der Waals surface area contributed by atoms with Gasteiger partial charge in [-0.3, -0.25) is 9.59 Å². The molecule has 0 radical (unpaired) electrons. The highest BCUT2D eigenvalue weighted by Gasteiger charge is 2.30. The van der Waals surface area contributed by atoms with E-state index in [1.807, 2.05) is 32.6 Å². The van der Waals surface area contributed by atoms with Crippen LogP contribution in [0.15, 0.2) is 0 Å². The Kier molecular flexibility index (Phi) is 6.85. The van der Waals surface area contributed by atoms with Crippen LogP contribution >= 0.6 is 0 Å². The van der Waals surface area contributed by atoms with Crippen molar-refractivity contribution in [3.63, 3.8) is 0 Å². The highest BCUT2D eigenvalue weighted by molar-refractivity contribution is 5.82. The van der Waals surface area contributed by atoms with Crippen LogP contribution in [0, 0.1) is 17.3 Å². The van der Waals surface area contributed by atoms with E-state index in [1.54, 1.807) is 0 Å². The van der Waals surface area contributed by atoms with Crippen molar-refractivity contribution in [1.29, 1.82) is 0 Å². The fourth-order valence-electron chi connectivity index (χ4n) is 2.64.